The molecule has 114 valence electrons. The van der Waals surface area contributed by atoms with Crippen LogP contribution in [0.25, 0.3) is 11.2 Å². The summed E-state index contributed by atoms with van der Waals surface area (Å²) in [5.74, 6) is 0.550. The molecular formula is C13H20N6O2. The summed E-state index contributed by atoms with van der Waals surface area (Å²) in [7, 11) is 1.86. The summed E-state index contributed by atoms with van der Waals surface area (Å²) >= 11 is 0. The Kier molecular flexibility index (Phi) is 3.54. The van der Waals surface area contributed by atoms with Crippen LogP contribution in [0, 0.1) is 6.92 Å². The molecule has 0 aromatic carbocycles. The highest BCUT2D eigenvalue weighted by molar-refractivity contribution is 5.79. The number of hydrogen-bond acceptors (Lipinski definition) is 5. The lowest BCUT2D eigenvalue weighted by atomic mass is 10.3. The van der Waals surface area contributed by atoms with Gasteiger partial charge in [0.1, 0.15) is 5.52 Å². The van der Waals surface area contributed by atoms with Crippen LogP contribution < -0.4 is 5.73 Å². The molecule has 0 radical (unpaired) electrons. The molecule has 0 bridgehead atoms. The van der Waals surface area contributed by atoms with Crippen LogP contribution in [-0.2, 0) is 23.1 Å². The number of ether oxygens (including phenoxy) is 1. The van der Waals surface area contributed by atoms with E-state index in [-0.39, 0.29) is 5.91 Å². The van der Waals surface area contributed by atoms with Gasteiger partial charge in [-0.25, -0.2) is 4.98 Å². The summed E-state index contributed by atoms with van der Waals surface area (Å²) < 4.78 is 8.87. The Morgan fingerprint density at radius 2 is 2.10 bits per heavy atom. The molecule has 3 rings (SSSR count). The van der Waals surface area contributed by atoms with Crippen molar-refractivity contribution < 1.29 is 9.53 Å². The van der Waals surface area contributed by atoms with Crippen LogP contribution in [0.3, 0.4) is 0 Å². The van der Waals surface area contributed by atoms with Gasteiger partial charge in [-0.3, -0.25) is 14.0 Å². The van der Waals surface area contributed by atoms with E-state index in [0.717, 1.165) is 16.9 Å². The zero-order chi connectivity index (χ0) is 15.0. The molecule has 0 unspecified atom stereocenters. The SMILES string of the molecule is Cc1nn(C)c2c1nc(N)n2CCC(=O)N1CCOCC1. The molecule has 1 aliphatic heterocycles. The predicted octanol–water partition coefficient (Wildman–Crippen LogP) is -0.0907. The molecule has 2 N–H and O–H groups in total. The second-order valence-corrected chi connectivity index (χ2v) is 5.25. The summed E-state index contributed by atoms with van der Waals surface area (Å²) in [6.07, 6.45) is 0.403. The van der Waals surface area contributed by atoms with Crippen LogP contribution in [-0.4, -0.2) is 56.4 Å². The standard InChI is InChI=1S/C13H20N6O2/c1-9-11-12(17(2)16-9)19(13(14)15-11)4-3-10(20)18-5-7-21-8-6-18/h3-8H2,1-2H3,(H2,14,15). The van der Waals surface area contributed by atoms with Crippen molar-refractivity contribution in [2.24, 2.45) is 7.05 Å². The Labute approximate surface area is 122 Å². The number of rotatable bonds is 3. The van der Waals surface area contributed by atoms with E-state index >= 15 is 0 Å². The van der Waals surface area contributed by atoms with Crippen molar-refractivity contribution in [3.8, 4) is 0 Å². The molecule has 8 nitrogen and oxygen atoms in total. The third-order valence-corrected chi connectivity index (χ3v) is 3.83. The van der Waals surface area contributed by atoms with Gasteiger partial charge in [-0.05, 0) is 6.92 Å². The minimum Gasteiger partial charge on any atom is -0.378 e. The van der Waals surface area contributed by atoms with E-state index in [2.05, 4.69) is 10.1 Å². The van der Waals surface area contributed by atoms with Gasteiger partial charge < -0.3 is 15.4 Å². The molecule has 3 heterocycles. The van der Waals surface area contributed by atoms with Gasteiger partial charge in [0.25, 0.3) is 0 Å². The molecule has 0 aliphatic carbocycles. The monoisotopic (exact) mass is 292 g/mol. The fraction of sp³-hybridized carbons (Fsp3) is 0.615. The fourth-order valence-corrected chi connectivity index (χ4v) is 2.75. The highest BCUT2D eigenvalue weighted by Crippen LogP contribution is 2.20. The minimum atomic E-state index is 0.124. The van der Waals surface area contributed by atoms with Gasteiger partial charge in [0.2, 0.25) is 11.9 Å². The molecule has 0 spiro atoms. The molecule has 1 fully saturated rings. The van der Waals surface area contributed by atoms with E-state index < -0.39 is 0 Å². The zero-order valence-corrected chi connectivity index (χ0v) is 12.4. The highest BCUT2D eigenvalue weighted by Gasteiger charge is 2.19. The number of amides is 1. The molecule has 1 saturated heterocycles. The smallest absolute Gasteiger partial charge is 0.224 e. The van der Waals surface area contributed by atoms with Gasteiger partial charge in [-0.15, -0.1) is 0 Å². The van der Waals surface area contributed by atoms with Crippen molar-refractivity contribution >= 4 is 23.0 Å². The second kappa shape index (κ2) is 5.36. The number of fused-ring (bicyclic) bond motifs is 1. The van der Waals surface area contributed by atoms with Crippen molar-refractivity contribution in [2.75, 3.05) is 32.0 Å². The quantitative estimate of drug-likeness (QED) is 0.853. The van der Waals surface area contributed by atoms with Crippen LogP contribution in [0.4, 0.5) is 5.95 Å². The number of imidazole rings is 1. The molecule has 1 amide bonds. The van der Waals surface area contributed by atoms with Crippen LogP contribution in [0.1, 0.15) is 12.1 Å². The van der Waals surface area contributed by atoms with E-state index in [1.54, 1.807) is 4.68 Å². The number of nitrogens with two attached hydrogens (primary N) is 1. The summed E-state index contributed by atoms with van der Waals surface area (Å²) in [5, 5.41) is 4.33. The Bertz CT molecular complexity index is 668. The number of anilines is 1. The number of nitrogen functional groups attached to an aromatic ring is 1. The van der Waals surface area contributed by atoms with Crippen LogP contribution in [0.15, 0.2) is 0 Å². The molecule has 2 aromatic heterocycles. The largest absolute Gasteiger partial charge is 0.378 e. The molecular weight excluding hydrogens is 272 g/mol. The number of carbonyl (C=O) groups excluding carboxylic acids is 1. The van der Waals surface area contributed by atoms with Crippen molar-refractivity contribution in [3.63, 3.8) is 0 Å². The molecule has 0 saturated carbocycles. The minimum absolute atomic E-state index is 0.124. The van der Waals surface area contributed by atoms with Gasteiger partial charge >= 0.3 is 0 Å². The number of carbonyl (C=O) groups is 1. The first-order valence-corrected chi connectivity index (χ1v) is 7.08. The average molecular weight is 292 g/mol. The van der Waals surface area contributed by atoms with Gasteiger partial charge in [-0.1, -0.05) is 0 Å². The zero-order valence-electron chi connectivity index (χ0n) is 12.4. The Hall–Kier alpha value is -2.09. The third-order valence-electron chi connectivity index (χ3n) is 3.83. The lowest BCUT2D eigenvalue weighted by Gasteiger charge is -2.27. The first-order chi connectivity index (χ1) is 10.1. The van der Waals surface area contributed by atoms with Gasteiger partial charge in [0.15, 0.2) is 5.65 Å². The van der Waals surface area contributed by atoms with E-state index in [1.165, 1.54) is 0 Å². The van der Waals surface area contributed by atoms with E-state index in [1.807, 2.05) is 23.4 Å². The maximum Gasteiger partial charge on any atom is 0.224 e. The lowest BCUT2D eigenvalue weighted by Crippen LogP contribution is -2.41. The van der Waals surface area contributed by atoms with E-state index in [4.69, 9.17) is 10.5 Å². The fourth-order valence-electron chi connectivity index (χ4n) is 2.75. The summed E-state index contributed by atoms with van der Waals surface area (Å²) in [6, 6.07) is 0. The van der Waals surface area contributed by atoms with Crippen LogP contribution in [0.2, 0.25) is 0 Å². The number of aromatic nitrogens is 4. The topological polar surface area (TPSA) is 91.2 Å². The summed E-state index contributed by atoms with van der Waals surface area (Å²) in [6.45, 7) is 4.97. The van der Waals surface area contributed by atoms with E-state index in [0.29, 0.717) is 45.2 Å². The Morgan fingerprint density at radius 1 is 1.38 bits per heavy atom. The van der Waals surface area contributed by atoms with Gasteiger partial charge in [0, 0.05) is 33.1 Å². The normalized spacial score (nSPS) is 15.8. The lowest BCUT2D eigenvalue weighted by molar-refractivity contribution is -0.135. The van der Waals surface area contributed by atoms with Gasteiger partial charge in [0.05, 0.1) is 18.9 Å². The highest BCUT2D eigenvalue weighted by atomic mass is 16.5. The molecule has 21 heavy (non-hydrogen) atoms. The first-order valence-electron chi connectivity index (χ1n) is 7.08. The summed E-state index contributed by atoms with van der Waals surface area (Å²) in [4.78, 5) is 18.4. The van der Waals surface area contributed by atoms with Crippen LogP contribution in [0.5, 0.6) is 0 Å². The number of morpholine rings is 1. The number of aryl methyl sites for hydroxylation is 3. The molecule has 2 aromatic rings. The molecule has 1 aliphatic rings. The molecule has 0 atom stereocenters. The van der Waals surface area contributed by atoms with Gasteiger partial charge in [-0.2, -0.15) is 5.10 Å². The Balaban J connectivity index is 1.75. The first kappa shape index (κ1) is 13.9. The van der Waals surface area contributed by atoms with Crippen molar-refractivity contribution in [1.82, 2.24) is 24.2 Å². The predicted molar refractivity (Wildman–Crippen MR) is 77.7 cm³/mol. The van der Waals surface area contributed by atoms with E-state index in [9.17, 15) is 4.79 Å². The second-order valence-electron chi connectivity index (χ2n) is 5.25. The molecule has 8 heteroatoms. The van der Waals surface area contributed by atoms with Crippen molar-refractivity contribution in [2.45, 2.75) is 19.9 Å². The number of hydrogen-bond donors (Lipinski definition) is 1. The third kappa shape index (κ3) is 2.46. The maximum atomic E-state index is 12.2. The Morgan fingerprint density at radius 3 is 2.81 bits per heavy atom. The maximum absolute atomic E-state index is 12.2. The van der Waals surface area contributed by atoms with Crippen molar-refractivity contribution in [3.05, 3.63) is 5.69 Å². The summed E-state index contributed by atoms with van der Waals surface area (Å²) in [5.41, 5.74) is 8.47. The average Bonchev–Trinajstić information content (AvgIpc) is 2.95. The van der Waals surface area contributed by atoms with Crippen LogP contribution >= 0.6 is 0 Å². The van der Waals surface area contributed by atoms with Crippen molar-refractivity contribution in [1.29, 1.82) is 0 Å². The number of nitrogens with zero attached hydrogens (tertiary/aromatic N) is 5.